The number of carbonyl (C=O) groups is 1. The second-order valence-electron chi connectivity index (χ2n) is 5.72. The zero-order valence-corrected chi connectivity index (χ0v) is 13.9. The van der Waals surface area contributed by atoms with Crippen LogP contribution in [0.3, 0.4) is 0 Å². The van der Waals surface area contributed by atoms with E-state index in [4.69, 9.17) is 4.74 Å². The fraction of sp³-hybridized carbons (Fsp3) is 0.500. The molecule has 6 nitrogen and oxygen atoms in total. The van der Waals surface area contributed by atoms with Gasteiger partial charge in [0.15, 0.2) is 0 Å². The van der Waals surface area contributed by atoms with Gasteiger partial charge in [0.05, 0.1) is 18.5 Å². The van der Waals surface area contributed by atoms with E-state index in [2.05, 4.69) is 5.32 Å². The van der Waals surface area contributed by atoms with Crippen LogP contribution in [0.15, 0.2) is 24.3 Å². The quantitative estimate of drug-likeness (QED) is 0.896. The number of sulfonamides is 1. The summed E-state index contributed by atoms with van der Waals surface area (Å²) in [6.45, 7) is 5.05. The maximum atomic E-state index is 13.8. The predicted molar refractivity (Wildman–Crippen MR) is 82.8 cm³/mol. The van der Waals surface area contributed by atoms with Crippen LogP contribution in [-0.2, 0) is 14.8 Å². The van der Waals surface area contributed by atoms with Gasteiger partial charge in [-0.25, -0.2) is 17.6 Å². The first-order valence-corrected chi connectivity index (χ1v) is 8.54. The molecule has 1 aromatic carbocycles. The van der Waals surface area contributed by atoms with Crippen LogP contribution in [0.1, 0.15) is 20.8 Å². The van der Waals surface area contributed by atoms with E-state index >= 15 is 0 Å². The predicted octanol–water partition coefficient (Wildman–Crippen LogP) is 2.12. The summed E-state index contributed by atoms with van der Waals surface area (Å²) in [6.07, 6.45) is 0.321. The molecular formula is C14H21FN2O4S. The van der Waals surface area contributed by atoms with Gasteiger partial charge in [0, 0.05) is 6.54 Å². The van der Waals surface area contributed by atoms with Gasteiger partial charge in [-0.2, -0.15) is 0 Å². The standard InChI is InChI=1S/C14H21FN2O4S/c1-14(2,3)21-13(18)16-9-10-17(22(4,19)20)12-8-6-5-7-11(12)15/h5-8H,9-10H2,1-4H3,(H,16,18). The number of carbonyl (C=O) groups excluding carboxylic acids is 1. The molecule has 1 N–H and O–H groups in total. The number of amides is 1. The maximum Gasteiger partial charge on any atom is 0.407 e. The lowest BCUT2D eigenvalue weighted by molar-refractivity contribution is 0.0529. The second-order valence-corrected chi connectivity index (χ2v) is 7.62. The summed E-state index contributed by atoms with van der Waals surface area (Å²) in [5, 5.41) is 2.44. The SMILES string of the molecule is CC(C)(C)OC(=O)NCCN(c1ccccc1F)S(C)(=O)=O. The summed E-state index contributed by atoms with van der Waals surface area (Å²) in [5.74, 6) is -0.648. The minimum Gasteiger partial charge on any atom is -0.444 e. The van der Waals surface area contributed by atoms with Gasteiger partial charge >= 0.3 is 6.09 Å². The molecule has 0 aliphatic rings. The fourth-order valence-electron chi connectivity index (χ4n) is 1.69. The Morgan fingerprint density at radius 3 is 2.41 bits per heavy atom. The lowest BCUT2D eigenvalue weighted by atomic mass is 10.2. The first kappa shape index (κ1) is 18.2. The van der Waals surface area contributed by atoms with Crippen LogP contribution in [0, 0.1) is 5.82 Å². The smallest absolute Gasteiger partial charge is 0.407 e. The van der Waals surface area contributed by atoms with Crippen molar-refractivity contribution in [1.29, 1.82) is 0 Å². The van der Waals surface area contributed by atoms with E-state index in [-0.39, 0.29) is 18.8 Å². The van der Waals surface area contributed by atoms with Crippen molar-refractivity contribution in [2.45, 2.75) is 26.4 Å². The molecule has 0 aliphatic carbocycles. The molecule has 0 fully saturated rings. The number of benzene rings is 1. The number of nitrogens with zero attached hydrogens (tertiary/aromatic N) is 1. The van der Waals surface area contributed by atoms with Crippen molar-refractivity contribution in [3.63, 3.8) is 0 Å². The lowest BCUT2D eigenvalue weighted by Crippen LogP contribution is -2.40. The van der Waals surface area contributed by atoms with E-state index in [1.165, 1.54) is 24.3 Å². The van der Waals surface area contributed by atoms with Crippen LogP contribution in [0.25, 0.3) is 0 Å². The van der Waals surface area contributed by atoms with Crippen LogP contribution in [0.4, 0.5) is 14.9 Å². The van der Waals surface area contributed by atoms with Crippen molar-refractivity contribution in [2.75, 3.05) is 23.7 Å². The molecule has 0 aromatic heterocycles. The third-order valence-electron chi connectivity index (χ3n) is 2.50. The Morgan fingerprint density at radius 2 is 1.91 bits per heavy atom. The summed E-state index contributed by atoms with van der Waals surface area (Å²) < 4.78 is 43.3. The van der Waals surface area contributed by atoms with E-state index < -0.39 is 27.5 Å². The van der Waals surface area contributed by atoms with Gasteiger partial charge in [0.25, 0.3) is 0 Å². The zero-order chi connectivity index (χ0) is 17.0. The van der Waals surface area contributed by atoms with Gasteiger partial charge < -0.3 is 10.1 Å². The molecule has 124 valence electrons. The molecular weight excluding hydrogens is 311 g/mol. The molecule has 0 saturated heterocycles. The third kappa shape index (κ3) is 5.88. The minimum absolute atomic E-state index is 0.00365. The Kier molecular flexibility index (Phi) is 5.76. The number of nitrogens with one attached hydrogen (secondary N) is 1. The van der Waals surface area contributed by atoms with Gasteiger partial charge in [0.2, 0.25) is 10.0 Å². The molecule has 0 radical (unpaired) electrons. The number of alkyl carbamates (subject to hydrolysis) is 1. The third-order valence-corrected chi connectivity index (χ3v) is 3.68. The molecule has 0 heterocycles. The molecule has 0 spiro atoms. The van der Waals surface area contributed by atoms with Crippen LogP contribution in [-0.4, -0.2) is 39.5 Å². The van der Waals surface area contributed by atoms with Crippen molar-refractivity contribution < 1.29 is 22.3 Å². The molecule has 0 saturated carbocycles. The molecule has 1 rings (SSSR count). The monoisotopic (exact) mass is 332 g/mol. The summed E-state index contributed by atoms with van der Waals surface area (Å²) in [6, 6.07) is 5.55. The van der Waals surface area contributed by atoms with Crippen LogP contribution in [0.2, 0.25) is 0 Å². The van der Waals surface area contributed by atoms with Crippen molar-refractivity contribution in [3.8, 4) is 0 Å². The Hall–Kier alpha value is -1.83. The average molecular weight is 332 g/mol. The topological polar surface area (TPSA) is 75.7 Å². The van der Waals surface area contributed by atoms with E-state index in [0.717, 1.165) is 10.6 Å². The Morgan fingerprint density at radius 1 is 1.32 bits per heavy atom. The first-order chi connectivity index (χ1) is 10.0. The van der Waals surface area contributed by atoms with Crippen molar-refractivity contribution in [3.05, 3.63) is 30.1 Å². The number of rotatable bonds is 5. The average Bonchev–Trinajstić information content (AvgIpc) is 2.32. The largest absolute Gasteiger partial charge is 0.444 e. The van der Waals surface area contributed by atoms with Crippen molar-refractivity contribution in [1.82, 2.24) is 5.32 Å². The number of hydrogen-bond donors (Lipinski definition) is 1. The molecule has 1 amide bonds. The Bertz CT molecular complexity index is 626. The lowest BCUT2D eigenvalue weighted by Gasteiger charge is -2.24. The summed E-state index contributed by atoms with van der Waals surface area (Å²) in [4.78, 5) is 11.5. The van der Waals surface area contributed by atoms with E-state index in [1.54, 1.807) is 20.8 Å². The molecule has 0 unspecified atom stereocenters. The van der Waals surface area contributed by atoms with Crippen molar-refractivity contribution in [2.24, 2.45) is 0 Å². The highest BCUT2D eigenvalue weighted by molar-refractivity contribution is 7.92. The summed E-state index contributed by atoms with van der Waals surface area (Å²) in [5.41, 5.74) is -0.706. The Balaban J connectivity index is 2.74. The zero-order valence-electron chi connectivity index (χ0n) is 13.1. The van der Waals surface area contributed by atoms with Gasteiger partial charge in [-0.3, -0.25) is 4.31 Å². The molecule has 8 heteroatoms. The normalized spacial score (nSPS) is 11.9. The molecule has 0 atom stereocenters. The molecule has 1 aromatic rings. The highest BCUT2D eigenvalue weighted by Crippen LogP contribution is 2.20. The number of hydrogen-bond acceptors (Lipinski definition) is 4. The molecule has 22 heavy (non-hydrogen) atoms. The minimum atomic E-state index is -3.67. The summed E-state index contributed by atoms with van der Waals surface area (Å²) in [7, 11) is -3.67. The van der Waals surface area contributed by atoms with Crippen molar-refractivity contribution >= 4 is 21.8 Å². The molecule has 0 bridgehead atoms. The maximum absolute atomic E-state index is 13.8. The highest BCUT2D eigenvalue weighted by atomic mass is 32.2. The Labute approximate surface area is 130 Å². The van der Waals surface area contributed by atoms with Gasteiger partial charge in [-0.15, -0.1) is 0 Å². The number of para-hydroxylation sites is 1. The van der Waals surface area contributed by atoms with Gasteiger partial charge in [-0.05, 0) is 32.9 Å². The number of halogens is 1. The van der Waals surface area contributed by atoms with Crippen LogP contribution >= 0.6 is 0 Å². The summed E-state index contributed by atoms with van der Waals surface area (Å²) >= 11 is 0. The number of ether oxygens (including phenoxy) is 1. The van der Waals surface area contributed by atoms with E-state index in [1.807, 2.05) is 0 Å². The van der Waals surface area contributed by atoms with Gasteiger partial charge in [0.1, 0.15) is 11.4 Å². The van der Waals surface area contributed by atoms with Crippen LogP contribution < -0.4 is 9.62 Å². The molecule has 0 aliphatic heterocycles. The van der Waals surface area contributed by atoms with E-state index in [0.29, 0.717) is 0 Å². The first-order valence-electron chi connectivity index (χ1n) is 6.70. The number of anilines is 1. The van der Waals surface area contributed by atoms with Crippen LogP contribution in [0.5, 0.6) is 0 Å². The second kappa shape index (κ2) is 6.95. The fourth-order valence-corrected chi connectivity index (χ4v) is 2.62. The highest BCUT2D eigenvalue weighted by Gasteiger charge is 2.21. The van der Waals surface area contributed by atoms with E-state index in [9.17, 15) is 17.6 Å². The van der Waals surface area contributed by atoms with Gasteiger partial charge in [-0.1, -0.05) is 12.1 Å².